The first-order valence-corrected chi connectivity index (χ1v) is 5.00. The highest BCUT2D eigenvalue weighted by Crippen LogP contribution is 2.36. The van der Waals surface area contributed by atoms with Crippen LogP contribution in [0.1, 0.15) is 20.8 Å². The second-order valence-electron chi connectivity index (χ2n) is 3.50. The predicted molar refractivity (Wildman–Crippen MR) is 41.4 cm³/mol. The van der Waals surface area contributed by atoms with Crippen molar-refractivity contribution >= 4 is 13.4 Å². The number of carbonyl (C=O) groups excluding carboxylic acids is 1. The first-order chi connectivity index (χ1) is 4.63. The maximum Gasteiger partial charge on any atom is 0.332 e. The molecule has 0 saturated heterocycles. The molecule has 0 radical (unpaired) electrons. The van der Waals surface area contributed by atoms with E-state index in [1.807, 2.05) is 0 Å². The van der Waals surface area contributed by atoms with Gasteiger partial charge in [-0.3, -0.25) is 9.36 Å². The molecule has 5 heteroatoms. The Hall–Kier alpha value is -0.180. The lowest BCUT2D eigenvalue weighted by atomic mass is 9.92. The zero-order valence-corrected chi connectivity index (χ0v) is 7.76. The van der Waals surface area contributed by atoms with Gasteiger partial charge in [0.2, 0.25) is 0 Å². The van der Waals surface area contributed by atoms with Gasteiger partial charge < -0.3 is 9.79 Å². The van der Waals surface area contributed by atoms with E-state index in [-0.39, 0.29) is 0 Å². The molecule has 0 aromatic carbocycles. The molecule has 0 rings (SSSR count). The van der Waals surface area contributed by atoms with Crippen LogP contribution in [0.2, 0.25) is 0 Å². The fourth-order valence-electron chi connectivity index (χ4n) is 0.424. The predicted octanol–water partition coefficient (Wildman–Crippen LogP) is 0.779. The number of carbonyl (C=O) groups is 1. The molecule has 0 aliphatic carbocycles. The maximum atomic E-state index is 11.0. The van der Waals surface area contributed by atoms with Crippen molar-refractivity contribution in [1.82, 2.24) is 0 Å². The molecule has 4 nitrogen and oxygen atoms in total. The normalized spacial score (nSPS) is 13.2. The highest BCUT2D eigenvalue weighted by molar-refractivity contribution is 7.52. The van der Waals surface area contributed by atoms with E-state index >= 15 is 0 Å². The Kier molecular flexibility index (Phi) is 3.00. The summed E-state index contributed by atoms with van der Waals surface area (Å²) in [6.45, 7) is 4.89. The number of hydrogen-bond donors (Lipinski definition) is 2. The lowest BCUT2D eigenvalue weighted by Gasteiger charge is -2.16. The van der Waals surface area contributed by atoms with Crippen LogP contribution in [0, 0.1) is 5.41 Å². The molecule has 0 unspecified atom stereocenters. The molecule has 0 bridgehead atoms. The van der Waals surface area contributed by atoms with Gasteiger partial charge in [-0.05, 0) is 0 Å². The van der Waals surface area contributed by atoms with E-state index in [1.165, 1.54) is 0 Å². The molecule has 0 fully saturated rings. The monoisotopic (exact) mass is 180 g/mol. The number of rotatable bonds is 2. The summed E-state index contributed by atoms with van der Waals surface area (Å²) in [6.07, 6.45) is -0.656. The van der Waals surface area contributed by atoms with Crippen LogP contribution in [-0.4, -0.2) is 21.7 Å². The zero-order chi connectivity index (χ0) is 9.28. The standard InChI is InChI=1S/C6H13O4P/c1-6(2,3)5(7)4-11(8,9)10/h4H2,1-3H3,(H2,8,9,10). The van der Waals surface area contributed by atoms with E-state index < -0.39 is 25.0 Å². The summed E-state index contributed by atoms with van der Waals surface area (Å²) in [5, 5.41) is 0. The first kappa shape index (κ1) is 10.8. The molecule has 0 aliphatic heterocycles. The van der Waals surface area contributed by atoms with E-state index in [2.05, 4.69) is 0 Å². The Bertz CT molecular complexity index is 197. The van der Waals surface area contributed by atoms with Crippen molar-refractivity contribution in [2.45, 2.75) is 20.8 Å². The summed E-state index contributed by atoms with van der Waals surface area (Å²) in [5.41, 5.74) is -0.666. The van der Waals surface area contributed by atoms with Crippen molar-refractivity contribution in [2.24, 2.45) is 5.41 Å². The van der Waals surface area contributed by atoms with Gasteiger partial charge in [-0.2, -0.15) is 0 Å². The average molecular weight is 180 g/mol. The van der Waals surface area contributed by atoms with Crippen LogP contribution < -0.4 is 0 Å². The second kappa shape index (κ2) is 3.05. The minimum absolute atomic E-state index is 0.411. The van der Waals surface area contributed by atoms with Crippen LogP contribution in [0.4, 0.5) is 0 Å². The molecular formula is C6H13O4P. The van der Waals surface area contributed by atoms with Crippen molar-refractivity contribution in [3.8, 4) is 0 Å². The SMILES string of the molecule is CC(C)(C)C(=O)CP(=O)(O)O. The van der Waals surface area contributed by atoms with Gasteiger partial charge in [-0.25, -0.2) is 0 Å². The molecule has 0 heterocycles. The second-order valence-corrected chi connectivity index (χ2v) is 5.14. The number of hydrogen-bond acceptors (Lipinski definition) is 2. The lowest BCUT2D eigenvalue weighted by molar-refractivity contribution is -0.123. The minimum Gasteiger partial charge on any atom is -0.324 e. The molecule has 11 heavy (non-hydrogen) atoms. The minimum atomic E-state index is -4.17. The van der Waals surface area contributed by atoms with Gasteiger partial charge in [0.1, 0.15) is 11.9 Å². The maximum absolute atomic E-state index is 11.0. The molecule has 0 spiro atoms. The Morgan fingerprint density at radius 1 is 1.36 bits per heavy atom. The largest absolute Gasteiger partial charge is 0.332 e. The number of Topliss-reactive ketones (excluding diaryl/α,β-unsaturated/α-hetero) is 1. The van der Waals surface area contributed by atoms with E-state index in [9.17, 15) is 9.36 Å². The van der Waals surface area contributed by atoms with Crippen LogP contribution >= 0.6 is 7.60 Å². The summed E-state index contributed by atoms with van der Waals surface area (Å²) in [4.78, 5) is 27.9. The third-order valence-electron chi connectivity index (χ3n) is 1.19. The summed E-state index contributed by atoms with van der Waals surface area (Å²) in [6, 6.07) is 0. The van der Waals surface area contributed by atoms with Crippen molar-refractivity contribution in [3.63, 3.8) is 0 Å². The summed E-state index contributed by atoms with van der Waals surface area (Å²) >= 11 is 0. The summed E-state index contributed by atoms with van der Waals surface area (Å²) in [7, 11) is -4.17. The van der Waals surface area contributed by atoms with Gasteiger partial charge in [0.15, 0.2) is 0 Å². The smallest absolute Gasteiger partial charge is 0.324 e. The molecule has 0 atom stereocenters. The van der Waals surface area contributed by atoms with Gasteiger partial charge in [0.05, 0.1) is 0 Å². The topological polar surface area (TPSA) is 74.6 Å². The third-order valence-corrected chi connectivity index (χ3v) is 1.89. The fraction of sp³-hybridized carbons (Fsp3) is 0.833. The van der Waals surface area contributed by atoms with Crippen molar-refractivity contribution in [2.75, 3.05) is 6.16 Å². The van der Waals surface area contributed by atoms with Crippen LogP contribution in [0.25, 0.3) is 0 Å². The van der Waals surface area contributed by atoms with E-state index in [0.29, 0.717) is 0 Å². The van der Waals surface area contributed by atoms with Gasteiger partial charge >= 0.3 is 7.60 Å². The molecule has 66 valence electrons. The Labute approximate surface area is 65.8 Å². The highest BCUT2D eigenvalue weighted by atomic mass is 31.2. The van der Waals surface area contributed by atoms with E-state index in [0.717, 1.165) is 0 Å². The molecular weight excluding hydrogens is 167 g/mol. The van der Waals surface area contributed by atoms with Crippen LogP contribution in [-0.2, 0) is 9.36 Å². The average Bonchev–Trinajstić information content (AvgIpc) is 1.56. The van der Waals surface area contributed by atoms with Gasteiger partial charge in [0.25, 0.3) is 0 Å². The molecule has 0 aliphatic rings. The lowest BCUT2D eigenvalue weighted by Crippen LogP contribution is -2.23. The van der Waals surface area contributed by atoms with Crippen LogP contribution in [0.5, 0.6) is 0 Å². The zero-order valence-electron chi connectivity index (χ0n) is 6.87. The number of ketones is 1. The Balaban J connectivity index is 4.23. The van der Waals surface area contributed by atoms with E-state index in [1.54, 1.807) is 20.8 Å². The van der Waals surface area contributed by atoms with Gasteiger partial charge in [0, 0.05) is 5.41 Å². The molecule has 0 amide bonds. The van der Waals surface area contributed by atoms with Crippen molar-refractivity contribution in [3.05, 3.63) is 0 Å². The van der Waals surface area contributed by atoms with Gasteiger partial charge in [-0.1, -0.05) is 20.8 Å². The summed E-state index contributed by atoms with van der Waals surface area (Å²) < 4.78 is 10.4. The molecule has 0 aromatic heterocycles. The Morgan fingerprint density at radius 3 is 1.82 bits per heavy atom. The summed E-state index contributed by atoms with van der Waals surface area (Å²) in [5.74, 6) is -0.411. The van der Waals surface area contributed by atoms with Crippen molar-refractivity contribution in [1.29, 1.82) is 0 Å². The van der Waals surface area contributed by atoms with Crippen LogP contribution in [0.3, 0.4) is 0 Å². The third kappa shape index (κ3) is 5.13. The highest BCUT2D eigenvalue weighted by Gasteiger charge is 2.28. The van der Waals surface area contributed by atoms with E-state index in [4.69, 9.17) is 9.79 Å². The van der Waals surface area contributed by atoms with Crippen LogP contribution in [0.15, 0.2) is 0 Å². The molecule has 0 saturated carbocycles. The fourth-order valence-corrected chi connectivity index (χ4v) is 1.27. The van der Waals surface area contributed by atoms with Crippen molar-refractivity contribution < 1.29 is 19.1 Å². The van der Waals surface area contributed by atoms with Gasteiger partial charge in [-0.15, -0.1) is 0 Å². The first-order valence-electron chi connectivity index (χ1n) is 3.21. The molecule has 0 aromatic rings. The quantitative estimate of drug-likeness (QED) is 0.616. The molecule has 2 N–H and O–H groups in total. The Morgan fingerprint density at radius 2 is 1.73 bits per heavy atom.